The Morgan fingerprint density at radius 2 is 1.70 bits per heavy atom. The summed E-state index contributed by atoms with van der Waals surface area (Å²) in [6.07, 6.45) is 1.66. The zero-order chi connectivity index (χ0) is 20.9. The molecule has 0 saturated heterocycles. The van der Waals surface area contributed by atoms with E-state index in [0.29, 0.717) is 40.0 Å². The molecule has 0 saturated carbocycles. The summed E-state index contributed by atoms with van der Waals surface area (Å²) in [5.74, 6) is 1.84. The zero-order valence-electron chi connectivity index (χ0n) is 16.6. The fourth-order valence-electron chi connectivity index (χ4n) is 3.10. The third kappa shape index (κ3) is 3.89. The van der Waals surface area contributed by atoms with Crippen molar-refractivity contribution in [1.82, 2.24) is 4.98 Å². The standard InChI is InChI=1S/C24H20N2O4/c1-28-17-12-13-21(29-2)20(14-17)26-23(27)18-10-6-7-11-19(18)24-25-15-22(30-24)16-8-4-3-5-9-16/h3-15H,1-2H3,(H,26,27). The van der Waals surface area contributed by atoms with Crippen molar-refractivity contribution in [3.63, 3.8) is 0 Å². The molecule has 0 spiro atoms. The summed E-state index contributed by atoms with van der Waals surface area (Å²) in [5, 5.41) is 2.89. The van der Waals surface area contributed by atoms with Gasteiger partial charge in [-0.3, -0.25) is 4.79 Å². The maximum Gasteiger partial charge on any atom is 0.256 e. The first kappa shape index (κ1) is 19.3. The lowest BCUT2D eigenvalue weighted by molar-refractivity contribution is 0.102. The normalized spacial score (nSPS) is 10.5. The Kier molecular flexibility index (Phi) is 5.48. The fraction of sp³-hybridized carbons (Fsp3) is 0.0833. The van der Waals surface area contributed by atoms with Gasteiger partial charge in [0.2, 0.25) is 5.89 Å². The van der Waals surface area contributed by atoms with E-state index in [9.17, 15) is 4.79 Å². The van der Waals surface area contributed by atoms with Gasteiger partial charge in [0.15, 0.2) is 5.76 Å². The van der Waals surface area contributed by atoms with Crippen molar-refractivity contribution >= 4 is 11.6 Å². The smallest absolute Gasteiger partial charge is 0.256 e. The second kappa shape index (κ2) is 8.53. The van der Waals surface area contributed by atoms with Crippen LogP contribution in [0.4, 0.5) is 5.69 Å². The van der Waals surface area contributed by atoms with E-state index in [-0.39, 0.29) is 5.91 Å². The zero-order valence-corrected chi connectivity index (χ0v) is 16.6. The molecule has 150 valence electrons. The van der Waals surface area contributed by atoms with Crippen LogP contribution < -0.4 is 14.8 Å². The van der Waals surface area contributed by atoms with Crippen LogP contribution in [0.25, 0.3) is 22.8 Å². The van der Waals surface area contributed by atoms with E-state index in [2.05, 4.69) is 10.3 Å². The molecule has 1 heterocycles. The van der Waals surface area contributed by atoms with Gasteiger partial charge in [-0.15, -0.1) is 0 Å². The minimum absolute atomic E-state index is 0.309. The first-order valence-electron chi connectivity index (χ1n) is 9.33. The number of hydrogen-bond donors (Lipinski definition) is 1. The summed E-state index contributed by atoms with van der Waals surface area (Å²) in [6.45, 7) is 0. The number of methoxy groups -OCH3 is 2. The molecule has 0 aliphatic heterocycles. The topological polar surface area (TPSA) is 73.6 Å². The average Bonchev–Trinajstić information content (AvgIpc) is 3.30. The largest absolute Gasteiger partial charge is 0.497 e. The summed E-state index contributed by atoms with van der Waals surface area (Å²) >= 11 is 0. The molecule has 0 bridgehead atoms. The SMILES string of the molecule is COc1ccc(OC)c(NC(=O)c2ccccc2-c2ncc(-c3ccccc3)o2)c1. The van der Waals surface area contributed by atoms with Crippen LogP contribution in [0.1, 0.15) is 10.4 Å². The van der Waals surface area contributed by atoms with Gasteiger partial charge in [-0.05, 0) is 24.3 Å². The third-order valence-corrected chi connectivity index (χ3v) is 4.62. The number of nitrogens with one attached hydrogen (secondary N) is 1. The number of aromatic nitrogens is 1. The Labute approximate surface area is 174 Å². The van der Waals surface area contributed by atoms with Gasteiger partial charge in [0, 0.05) is 17.2 Å². The number of rotatable bonds is 6. The molecule has 0 aliphatic carbocycles. The highest BCUT2D eigenvalue weighted by Crippen LogP contribution is 2.31. The molecule has 0 atom stereocenters. The number of oxazole rings is 1. The Hall–Kier alpha value is -4.06. The summed E-state index contributed by atoms with van der Waals surface area (Å²) in [4.78, 5) is 17.5. The Balaban J connectivity index is 1.66. The first-order valence-corrected chi connectivity index (χ1v) is 9.33. The van der Waals surface area contributed by atoms with Gasteiger partial charge in [0.1, 0.15) is 11.5 Å². The predicted molar refractivity (Wildman–Crippen MR) is 115 cm³/mol. The van der Waals surface area contributed by atoms with Crippen molar-refractivity contribution in [2.24, 2.45) is 0 Å². The van der Waals surface area contributed by atoms with E-state index in [1.807, 2.05) is 36.4 Å². The molecule has 0 aliphatic rings. The third-order valence-electron chi connectivity index (χ3n) is 4.62. The van der Waals surface area contributed by atoms with Crippen LogP contribution in [-0.2, 0) is 0 Å². The lowest BCUT2D eigenvalue weighted by Crippen LogP contribution is -2.14. The number of ether oxygens (including phenoxy) is 2. The highest BCUT2D eigenvalue weighted by atomic mass is 16.5. The van der Waals surface area contributed by atoms with Crippen molar-refractivity contribution in [2.45, 2.75) is 0 Å². The van der Waals surface area contributed by atoms with Crippen LogP contribution in [0.5, 0.6) is 11.5 Å². The molecule has 1 aromatic heterocycles. The number of amides is 1. The highest BCUT2D eigenvalue weighted by Gasteiger charge is 2.18. The van der Waals surface area contributed by atoms with Crippen molar-refractivity contribution < 1.29 is 18.7 Å². The molecule has 0 radical (unpaired) electrons. The van der Waals surface area contributed by atoms with Gasteiger partial charge in [-0.1, -0.05) is 42.5 Å². The minimum Gasteiger partial charge on any atom is -0.497 e. The maximum absolute atomic E-state index is 13.1. The number of anilines is 1. The monoisotopic (exact) mass is 400 g/mol. The van der Waals surface area contributed by atoms with Gasteiger partial charge in [-0.25, -0.2) is 4.98 Å². The summed E-state index contributed by atoms with van der Waals surface area (Å²) in [5.41, 5.74) is 2.45. The van der Waals surface area contributed by atoms with E-state index >= 15 is 0 Å². The van der Waals surface area contributed by atoms with Gasteiger partial charge in [0.05, 0.1) is 31.7 Å². The molecule has 4 aromatic rings. The second-order valence-electron chi connectivity index (χ2n) is 6.46. The van der Waals surface area contributed by atoms with Crippen LogP contribution in [0.2, 0.25) is 0 Å². The molecule has 6 heteroatoms. The number of benzene rings is 3. The van der Waals surface area contributed by atoms with E-state index in [4.69, 9.17) is 13.9 Å². The van der Waals surface area contributed by atoms with E-state index in [0.717, 1.165) is 5.56 Å². The highest BCUT2D eigenvalue weighted by molar-refractivity contribution is 6.08. The molecule has 4 rings (SSSR count). The van der Waals surface area contributed by atoms with Crippen LogP contribution in [0.3, 0.4) is 0 Å². The van der Waals surface area contributed by atoms with Crippen LogP contribution in [0.15, 0.2) is 83.4 Å². The lowest BCUT2D eigenvalue weighted by atomic mass is 10.1. The molecule has 1 N–H and O–H groups in total. The molecule has 6 nitrogen and oxygen atoms in total. The van der Waals surface area contributed by atoms with Crippen LogP contribution in [0, 0.1) is 0 Å². The number of hydrogen-bond acceptors (Lipinski definition) is 5. The second-order valence-corrected chi connectivity index (χ2v) is 6.46. The van der Waals surface area contributed by atoms with E-state index < -0.39 is 0 Å². The molecular weight excluding hydrogens is 380 g/mol. The summed E-state index contributed by atoms with van der Waals surface area (Å²) < 4.78 is 16.5. The minimum atomic E-state index is -0.309. The van der Waals surface area contributed by atoms with Crippen molar-refractivity contribution in [3.8, 4) is 34.3 Å². The Morgan fingerprint density at radius 3 is 2.47 bits per heavy atom. The fourth-order valence-corrected chi connectivity index (χ4v) is 3.10. The Morgan fingerprint density at radius 1 is 0.933 bits per heavy atom. The van der Waals surface area contributed by atoms with Crippen molar-refractivity contribution in [2.75, 3.05) is 19.5 Å². The van der Waals surface area contributed by atoms with Crippen molar-refractivity contribution in [1.29, 1.82) is 0 Å². The van der Waals surface area contributed by atoms with Crippen molar-refractivity contribution in [3.05, 3.63) is 84.6 Å². The molecule has 0 fully saturated rings. The molecule has 3 aromatic carbocycles. The van der Waals surface area contributed by atoms with E-state index in [1.165, 1.54) is 0 Å². The maximum atomic E-state index is 13.1. The average molecular weight is 400 g/mol. The molecule has 30 heavy (non-hydrogen) atoms. The number of nitrogens with zero attached hydrogens (tertiary/aromatic N) is 1. The molecule has 0 unspecified atom stereocenters. The first-order chi connectivity index (χ1) is 14.7. The van der Waals surface area contributed by atoms with Gasteiger partial charge < -0.3 is 19.2 Å². The number of carbonyl (C=O) groups excluding carboxylic acids is 1. The van der Waals surface area contributed by atoms with E-state index in [1.54, 1.807) is 56.8 Å². The van der Waals surface area contributed by atoms with Gasteiger partial charge in [0.25, 0.3) is 5.91 Å². The quantitative estimate of drug-likeness (QED) is 0.477. The summed E-state index contributed by atoms with van der Waals surface area (Å²) in [7, 11) is 3.11. The Bertz CT molecular complexity index is 1170. The summed E-state index contributed by atoms with van der Waals surface area (Å²) in [6, 6.07) is 22.1. The van der Waals surface area contributed by atoms with Crippen LogP contribution >= 0.6 is 0 Å². The van der Waals surface area contributed by atoms with Crippen LogP contribution in [-0.4, -0.2) is 25.1 Å². The molecule has 1 amide bonds. The predicted octanol–water partition coefficient (Wildman–Crippen LogP) is 5.28. The molecular formula is C24H20N2O4. The number of carbonyl (C=O) groups is 1. The van der Waals surface area contributed by atoms with Gasteiger partial charge in [-0.2, -0.15) is 0 Å². The lowest BCUT2D eigenvalue weighted by Gasteiger charge is -2.13. The van der Waals surface area contributed by atoms with Gasteiger partial charge >= 0.3 is 0 Å².